The van der Waals surface area contributed by atoms with E-state index in [1.165, 1.54) is 71.9 Å². The minimum Gasteiger partial charge on any atom is -0.371 e. The number of anilines is 1. The van der Waals surface area contributed by atoms with Crippen LogP contribution in [0, 0.1) is 11.3 Å². The van der Waals surface area contributed by atoms with Gasteiger partial charge in [-0.1, -0.05) is 0 Å². The quantitative estimate of drug-likeness (QED) is 0.626. The molecular weight excluding hydrogens is 406 g/mol. The number of sulfonamides is 1. The molecule has 0 atom stereocenters. The van der Waals surface area contributed by atoms with Crippen molar-refractivity contribution in [1.82, 2.24) is 9.66 Å². The van der Waals surface area contributed by atoms with Crippen LogP contribution in [0.25, 0.3) is 0 Å². The van der Waals surface area contributed by atoms with E-state index >= 15 is 0 Å². The van der Waals surface area contributed by atoms with Gasteiger partial charge in [0.15, 0.2) is 0 Å². The summed E-state index contributed by atoms with van der Waals surface area (Å²) in [5.74, 6) is -0.131. The maximum atomic E-state index is 13.2. The van der Waals surface area contributed by atoms with Crippen LogP contribution in [-0.2, 0) is 20.3 Å². The van der Waals surface area contributed by atoms with Crippen LogP contribution in [-0.4, -0.2) is 26.5 Å². The summed E-state index contributed by atoms with van der Waals surface area (Å²) in [5, 5.41) is 13.7. The highest BCUT2D eigenvalue weighted by atomic mass is 32.2. The second kappa shape index (κ2) is 7.31. The smallest absolute Gasteiger partial charge is 0.371 e. The molecule has 2 aromatic carbocycles. The summed E-state index contributed by atoms with van der Waals surface area (Å²) < 4.78 is 55.1. The number of rotatable bonds is 6. The number of hydrogen-bond donors (Lipinski definition) is 1. The Morgan fingerprint density at radius 2 is 1.68 bits per heavy atom. The Morgan fingerprint density at radius 1 is 1.04 bits per heavy atom. The predicted molar refractivity (Wildman–Crippen MR) is 98.6 cm³/mol. The van der Waals surface area contributed by atoms with Crippen LogP contribution < -0.4 is 13.7 Å². The first-order chi connectivity index (χ1) is 13.2. The summed E-state index contributed by atoms with van der Waals surface area (Å²) in [6.45, 7) is 0. The predicted octanol–water partition coefficient (Wildman–Crippen LogP) is 0.996. The molecule has 3 aromatic rings. The first kappa shape index (κ1) is 19.4. The normalized spacial score (nSPS) is 11.6. The summed E-state index contributed by atoms with van der Waals surface area (Å²) in [4.78, 5) is 3.74. The first-order valence-corrected chi connectivity index (χ1v) is 10.5. The molecule has 10 nitrogen and oxygen atoms in total. The molecule has 0 saturated heterocycles. The van der Waals surface area contributed by atoms with E-state index in [1.54, 1.807) is 0 Å². The second-order valence-electron chi connectivity index (χ2n) is 5.40. The molecule has 2 N–H and O–H groups in total. The van der Waals surface area contributed by atoms with E-state index in [2.05, 4.69) is 9.17 Å². The number of nitrogens with two attached hydrogens (primary N) is 1. The molecule has 0 aliphatic rings. The van der Waals surface area contributed by atoms with E-state index in [0.29, 0.717) is 5.56 Å². The molecule has 0 saturated carbocycles. The third-order valence-corrected chi connectivity index (χ3v) is 5.63. The van der Waals surface area contributed by atoms with Crippen LogP contribution >= 0.6 is 0 Å². The van der Waals surface area contributed by atoms with Crippen molar-refractivity contribution in [2.75, 3.05) is 4.41 Å². The molecular formula is C16H13N5O5S2. The van der Waals surface area contributed by atoms with Crippen molar-refractivity contribution < 1.29 is 21.0 Å². The van der Waals surface area contributed by atoms with Crippen molar-refractivity contribution in [2.24, 2.45) is 5.14 Å². The molecule has 3 rings (SSSR count). The molecule has 0 amide bonds. The largest absolute Gasteiger partial charge is 0.380 e. The lowest BCUT2D eigenvalue weighted by Crippen LogP contribution is -2.35. The van der Waals surface area contributed by atoms with Crippen LogP contribution in [0.2, 0.25) is 0 Å². The molecule has 0 bridgehead atoms. The van der Waals surface area contributed by atoms with Crippen molar-refractivity contribution in [3.8, 4) is 11.8 Å². The van der Waals surface area contributed by atoms with Gasteiger partial charge in [0.2, 0.25) is 0 Å². The lowest BCUT2D eigenvalue weighted by molar-refractivity contribution is 0.487. The fourth-order valence-corrected chi connectivity index (χ4v) is 4.12. The van der Waals surface area contributed by atoms with Crippen LogP contribution in [0.15, 0.2) is 72.1 Å². The van der Waals surface area contributed by atoms with E-state index < -0.39 is 20.3 Å². The van der Waals surface area contributed by atoms with E-state index in [0.717, 1.165) is 4.41 Å². The zero-order chi connectivity index (χ0) is 20.4. The molecule has 144 valence electrons. The highest BCUT2D eigenvalue weighted by molar-refractivity contribution is 7.92. The average Bonchev–Trinajstić information content (AvgIpc) is 3.15. The summed E-state index contributed by atoms with van der Waals surface area (Å²) >= 11 is 0. The molecule has 0 aliphatic carbocycles. The fraction of sp³-hybridized carbons (Fsp3) is 0. The number of imidazole rings is 1. The Hall–Kier alpha value is -3.40. The SMILES string of the molecule is N#Cc1ccc(N(n2ccnc2)S(=O)(=O)c2ccc(OS(N)(=O)=O)cc2)cc1. The maximum Gasteiger partial charge on any atom is 0.380 e. The van der Waals surface area contributed by atoms with Crippen LogP contribution in [0.5, 0.6) is 5.75 Å². The minimum atomic E-state index is -4.23. The standard InChI is InChI=1S/C16H13N5O5S2/c17-11-13-1-3-14(4-2-13)21(20-10-9-19-12-20)27(22,23)16-7-5-15(6-8-16)26-28(18,24)25/h1-10,12H,(H2,18,24,25). The number of hydrogen-bond acceptors (Lipinski definition) is 7. The molecule has 0 fully saturated rings. The number of nitriles is 1. The molecule has 0 aliphatic heterocycles. The topological polar surface area (TPSA) is 148 Å². The highest BCUT2D eigenvalue weighted by Gasteiger charge is 2.27. The van der Waals surface area contributed by atoms with Gasteiger partial charge in [0, 0.05) is 12.4 Å². The van der Waals surface area contributed by atoms with Gasteiger partial charge in [0.1, 0.15) is 12.1 Å². The molecule has 0 radical (unpaired) electrons. The Kier molecular flexibility index (Phi) is 5.06. The Bertz CT molecular complexity index is 1210. The minimum absolute atomic E-state index is 0.131. The van der Waals surface area contributed by atoms with E-state index in [1.807, 2.05) is 6.07 Å². The molecule has 28 heavy (non-hydrogen) atoms. The van der Waals surface area contributed by atoms with Gasteiger partial charge in [-0.15, -0.1) is 0 Å². The lowest BCUT2D eigenvalue weighted by Gasteiger charge is -2.25. The molecule has 1 aromatic heterocycles. The Morgan fingerprint density at radius 3 is 2.18 bits per heavy atom. The van der Waals surface area contributed by atoms with Gasteiger partial charge in [-0.2, -0.15) is 31.7 Å². The second-order valence-corrected chi connectivity index (χ2v) is 8.32. The Labute approximate surface area is 161 Å². The van der Waals surface area contributed by atoms with Crippen molar-refractivity contribution in [1.29, 1.82) is 5.26 Å². The number of nitrogens with zero attached hydrogens (tertiary/aromatic N) is 4. The molecule has 0 unspecified atom stereocenters. The third kappa shape index (κ3) is 4.12. The zero-order valence-corrected chi connectivity index (χ0v) is 15.7. The Balaban J connectivity index is 2.05. The maximum absolute atomic E-state index is 13.2. The fourth-order valence-electron chi connectivity index (χ4n) is 2.32. The van der Waals surface area contributed by atoms with Gasteiger partial charge in [0.05, 0.1) is 22.2 Å². The van der Waals surface area contributed by atoms with Crippen LogP contribution in [0.3, 0.4) is 0 Å². The van der Waals surface area contributed by atoms with Gasteiger partial charge in [0.25, 0.3) is 10.0 Å². The summed E-state index contributed by atoms with van der Waals surface area (Å²) in [6.07, 6.45) is 4.15. The van der Waals surface area contributed by atoms with Gasteiger partial charge in [-0.3, -0.25) is 0 Å². The summed E-state index contributed by atoms with van der Waals surface area (Å²) in [6, 6.07) is 12.6. The summed E-state index contributed by atoms with van der Waals surface area (Å²) in [7, 11) is -8.35. The van der Waals surface area contributed by atoms with E-state index in [9.17, 15) is 16.8 Å². The lowest BCUT2D eigenvalue weighted by atomic mass is 10.2. The van der Waals surface area contributed by atoms with Gasteiger partial charge in [-0.25, -0.2) is 9.66 Å². The number of benzene rings is 2. The van der Waals surface area contributed by atoms with Crippen LogP contribution in [0.1, 0.15) is 5.56 Å². The molecule has 12 heteroatoms. The molecule has 0 spiro atoms. The van der Waals surface area contributed by atoms with Gasteiger partial charge >= 0.3 is 10.3 Å². The average molecular weight is 419 g/mol. The van der Waals surface area contributed by atoms with Crippen molar-refractivity contribution in [2.45, 2.75) is 4.90 Å². The molecule has 1 heterocycles. The van der Waals surface area contributed by atoms with E-state index in [-0.39, 0.29) is 16.3 Å². The van der Waals surface area contributed by atoms with Crippen molar-refractivity contribution in [3.05, 3.63) is 72.8 Å². The van der Waals surface area contributed by atoms with Gasteiger partial charge in [-0.05, 0) is 48.5 Å². The highest BCUT2D eigenvalue weighted by Crippen LogP contribution is 2.26. The van der Waals surface area contributed by atoms with Crippen LogP contribution in [0.4, 0.5) is 5.69 Å². The van der Waals surface area contributed by atoms with E-state index in [4.69, 9.17) is 10.4 Å². The van der Waals surface area contributed by atoms with Crippen molar-refractivity contribution >= 4 is 26.0 Å². The first-order valence-electron chi connectivity index (χ1n) is 7.57. The van der Waals surface area contributed by atoms with Crippen molar-refractivity contribution in [3.63, 3.8) is 0 Å². The zero-order valence-electron chi connectivity index (χ0n) is 14.1. The van der Waals surface area contributed by atoms with Gasteiger partial charge < -0.3 is 4.18 Å². The number of aromatic nitrogens is 2. The third-order valence-electron chi connectivity index (χ3n) is 3.48. The summed E-state index contributed by atoms with van der Waals surface area (Å²) in [5.41, 5.74) is 0.637. The monoisotopic (exact) mass is 419 g/mol.